The summed E-state index contributed by atoms with van der Waals surface area (Å²) in [7, 11) is 1.68. The van der Waals surface area contributed by atoms with Crippen LogP contribution < -0.4 is 4.74 Å². The van der Waals surface area contributed by atoms with Gasteiger partial charge in [0, 0.05) is 20.8 Å². The molecule has 20 heavy (non-hydrogen) atoms. The average molecular weight is 369 g/mol. The molecule has 0 bridgehead atoms. The molecule has 102 valence electrons. The first-order valence-corrected chi connectivity index (χ1v) is 7.95. The highest BCUT2D eigenvalue weighted by molar-refractivity contribution is 9.10. The van der Waals surface area contributed by atoms with Crippen LogP contribution in [0.4, 0.5) is 0 Å². The Morgan fingerprint density at radius 2 is 1.90 bits per heavy atom. The molecule has 0 amide bonds. The fourth-order valence-electron chi connectivity index (χ4n) is 1.96. The Labute approximate surface area is 134 Å². The zero-order chi connectivity index (χ0) is 14.1. The second-order valence-electron chi connectivity index (χ2n) is 4.24. The second-order valence-corrected chi connectivity index (χ2v) is 6.55. The number of benzene rings is 2. The van der Waals surface area contributed by atoms with Crippen LogP contribution in [0.15, 0.2) is 56.9 Å². The lowest BCUT2D eigenvalue weighted by atomic mass is 10.2. The van der Waals surface area contributed by atoms with E-state index in [0.717, 1.165) is 36.1 Å². The van der Waals surface area contributed by atoms with E-state index >= 15 is 0 Å². The lowest BCUT2D eigenvalue weighted by Gasteiger charge is -2.03. The van der Waals surface area contributed by atoms with Crippen molar-refractivity contribution in [3.05, 3.63) is 52.1 Å². The van der Waals surface area contributed by atoms with Crippen molar-refractivity contribution in [2.45, 2.75) is 9.79 Å². The van der Waals surface area contributed by atoms with Crippen LogP contribution in [0.3, 0.4) is 0 Å². The number of fused-ring (bicyclic) bond motifs is 1. The number of hydrogen-bond acceptors (Lipinski definition) is 2. The van der Waals surface area contributed by atoms with Crippen LogP contribution >= 0.6 is 39.3 Å². The minimum absolute atomic E-state index is 0.744. The molecule has 0 saturated heterocycles. The van der Waals surface area contributed by atoms with Crippen LogP contribution in [0, 0.1) is 0 Å². The molecule has 1 aromatic heterocycles. The van der Waals surface area contributed by atoms with E-state index in [0.29, 0.717) is 0 Å². The molecule has 0 atom stereocenters. The molecule has 0 saturated carbocycles. The van der Waals surface area contributed by atoms with E-state index in [1.54, 1.807) is 18.9 Å². The van der Waals surface area contributed by atoms with Gasteiger partial charge in [0.25, 0.3) is 0 Å². The molecule has 0 aliphatic carbocycles. The lowest BCUT2D eigenvalue weighted by molar-refractivity contribution is 0.415. The number of H-pyrrole nitrogens is 1. The first-order chi connectivity index (χ1) is 9.67. The van der Waals surface area contributed by atoms with Crippen molar-refractivity contribution < 1.29 is 4.74 Å². The Bertz CT molecular complexity index is 754. The first kappa shape index (κ1) is 13.9. The van der Waals surface area contributed by atoms with Crippen LogP contribution in [0.5, 0.6) is 5.75 Å². The summed E-state index contributed by atoms with van der Waals surface area (Å²) in [4.78, 5) is 5.60. The van der Waals surface area contributed by atoms with Gasteiger partial charge in [-0.05, 0) is 58.4 Å². The van der Waals surface area contributed by atoms with Crippen LogP contribution in [-0.4, -0.2) is 12.1 Å². The minimum atomic E-state index is 0.744. The predicted octanol–water partition coefficient (Wildman–Crippen LogP) is 5.74. The summed E-state index contributed by atoms with van der Waals surface area (Å²) in [6, 6.07) is 13.8. The van der Waals surface area contributed by atoms with Gasteiger partial charge in [0.05, 0.1) is 16.6 Å². The Morgan fingerprint density at radius 3 is 2.60 bits per heavy atom. The Kier molecular flexibility index (Phi) is 3.96. The quantitative estimate of drug-likeness (QED) is 0.637. The molecule has 3 rings (SSSR count). The lowest BCUT2D eigenvalue weighted by Crippen LogP contribution is -1.81. The van der Waals surface area contributed by atoms with Crippen molar-refractivity contribution in [1.29, 1.82) is 0 Å². The number of methoxy groups -OCH3 is 1. The van der Waals surface area contributed by atoms with E-state index in [-0.39, 0.29) is 0 Å². The topological polar surface area (TPSA) is 25.0 Å². The molecule has 2 nitrogen and oxygen atoms in total. The number of aromatic amines is 1. The maximum Gasteiger partial charge on any atom is 0.119 e. The third-order valence-corrected chi connectivity index (χ3v) is 5.19. The van der Waals surface area contributed by atoms with Gasteiger partial charge < -0.3 is 9.72 Å². The molecule has 2 aromatic carbocycles. The van der Waals surface area contributed by atoms with Gasteiger partial charge in [-0.15, -0.1) is 0 Å². The number of halogens is 2. The summed E-state index contributed by atoms with van der Waals surface area (Å²) in [6.45, 7) is 0. The molecule has 0 aliphatic rings. The van der Waals surface area contributed by atoms with Gasteiger partial charge >= 0.3 is 0 Å². The standard InChI is InChI=1S/C15H11BrClNOS/c1-19-10-4-7-13-12(8-10)14(15(16)18-13)20-11-5-2-9(17)3-6-11/h2-8,18H,1H3. The highest BCUT2D eigenvalue weighted by Crippen LogP contribution is 2.40. The fraction of sp³-hybridized carbons (Fsp3) is 0.0667. The normalized spacial score (nSPS) is 10.9. The molecule has 1 heterocycles. The van der Waals surface area contributed by atoms with E-state index in [9.17, 15) is 0 Å². The largest absolute Gasteiger partial charge is 0.497 e. The maximum atomic E-state index is 5.92. The Hall–Kier alpha value is -1.10. The van der Waals surface area contributed by atoms with E-state index in [1.807, 2.05) is 42.5 Å². The maximum absolute atomic E-state index is 5.92. The number of nitrogens with one attached hydrogen (secondary N) is 1. The van der Waals surface area contributed by atoms with E-state index in [1.165, 1.54) is 0 Å². The van der Waals surface area contributed by atoms with Crippen molar-refractivity contribution >= 4 is 50.2 Å². The van der Waals surface area contributed by atoms with E-state index < -0.39 is 0 Å². The molecule has 0 fully saturated rings. The molecular formula is C15H11BrClNOS. The zero-order valence-corrected chi connectivity index (χ0v) is 13.8. The fourth-order valence-corrected chi connectivity index (χ4v) is 3.68. The molecule has 0 spiro atoms. The van der Waals surface area contributed by atoms with Crippen molar-refractivity contribution in [3.8, 4) is 5.75 Å². The highest BCUT2D eigenvalue weighted by atomic mass is 79.9. The monoisotopic (exact) mass is 367 g/mol. The first-order valence-electron chi connectivity index (χ1n) is 5.96. The third-order valence-electron chi connectivity index (χ3n) is 2.95. The van der Waals surface area contributed by atoms with Crippen molar-refractivity contribution in [1.82, 2.24) is 4.98 Å². The summed E-state index contributed by atoms with van der Waals surface area (Å²) >= 11 is 11.2. The predicted molar refractivity (Wildman–Crippen MR) is 88.1 cm³/mol. The van der Waals surface area contributed by atoms with Gasteiger partial charge in [0.15, 0.2) is 0 Å². The van der Waals surface area contributed by atoms with Crippen molar-refractivity contribution in [2.24, 2.45) is 0 Å². The van der Waals surface area contributed by atoms with Crippen molar-refractivity contribution in [2.75, 3.05) is 7.11 Å². The van der Waals surface area contributed by atoms with Gasteiger partial charge in [0.1, 0.15) is 5.75 Å². The van der Waals surface area contributed by atoms with Crippen LogP contribution in [0.1, 0.15) is 0 Å². The van der Waals surface area contributed by atoms with E-state index in [4.69, 9.17) is 16.3 Å². The van der Waals surface area contributed by atoms with Crippen LogP contribution in [-0.2, 0) is 0 Å². The van der Waals surface area contributed by atoms with Gasteiger partial charge in [0.2, 0.25) is 0 Å². The molecular weight excluding hydrogens is 358 g/mol. The number of rotatable bonds is 3. The molecule has 0 aliphatic heterocycles. The summed E-state index contributed by atoms with van der Waals surface area (Å²) < 4.78 is 6.27. The molecule has 1 N–H and O–H groups in total. The molecule has 0 unspecified atom stereocenters. The summed E-state index contributed by atoms with van der Waals surface area (Å²) in [6.07, 6.45) is 0. The van der Waals surface area contributed by atoms with Gasteiger partial charge in [-0.25, -0.2) is 0 Å². The van der Waals surface area contributed by atoms with Gasteiger partial charge in [-0.2, -0.15) is 0 Å². The third kappa shape index (κ3) is 2.68. The number of ether oxygens (including phenoxy) is 1. The molecule has 5 heteroatoms. The smallest absolute Gasteiger partial charge is 0.119 e. The number of aromatic nitrogens is 1. The average Bonchev–Trinajstić information content (AvgIpc) is 2.77. The van der Waals surface area contributed by atoms with E-state index in [2.05, 4.69) is 20.9 Å². The highest BCUT2D eigenvalue weighted by Gasteiger charge is 2.12. The summed E-state index contributed by atoms with van der Waals surface area (Å²) in [5.41, 5.74) is 1.08. The Morgan fingerprint density at radius 1 is 1.15 bits per heavy atom. The van der Waals surface area contributed by atoms with Crippen LogP contribution in [0.2, 0.25) is 5.02 Å². The van der Waals surface area contributed by atoms with Gasteiger partial charge in [-0.1, -0.05) is 23.4 Å². The SMILES string of the molecule is COc1ccc2[nH]c(Br)c(Sc3ccc(Cl)cc3)c2c1. The second kappa shape index (κ2) is 5.72. The van der Waals surface area contributed by atoms with Crippen LogP contribution in [0.25, 0.3) is 10.9 Å². The zero-order valence-electron chi connectivity index (χ0n) is 10.6. The minimum Gasteiger partial charge on any atom is -0.497 e. The molecule has 3 aromatic rings. The number of hydrogen-bond donors (Lipinski definition) is 1. The molecule has 0 radical (unpaired) electrons. The van der Waals surface area contributed by atoms with Crippen molar-refractivity contribution in [3.63, 3.8) is 0 Å². The summed E-state index contributed by atoms with van der Waals surface area (Å²) in [5.74, 6) is 0.849. The Balaban J connectivity index is 2.05. The van der Waals surface area contributed by atoms with Gasteiger partial charge in [-0.3, -0.25) is 0 Å². The summed E-state index contributed by atoms with van der Waals surface area (Å²) in [5, 5.41) is 1.88.